The van der Waals surface area contributed by atoms with Crippen molar-refractivity contribution in [3.63, 3.8) is 0 Å². The van der Waals surface area contributed by atoms with Gasteiger partial charge in [0.15, 0.2) is 0 Å². The Kier molecular flexibility index (Phi) is 6.34. The minimum Gasteiger partial charge on any atom is -0.481 e. The molecule has 0 bridgehead atoms. The summed E-state index contributed by atoms with van der Waals surface area (Å²) in [5.74, 6) is -2.02. The number of carbonyl (C=O) groups excluding carboxylic acids is 1. The SMILES string of the molecule is O=C(O)C[C@@H]1CC[C@H](NC(=O)C(=CCO)c2cccs2)B(O)O1. The Balaban J connectivity index is 1.97. The van der Waals surface area contributed by atoms with E-state index in [1.807, 2.05) is 5.38 Å². The molecule has 0 unspecified atom stereocenters. The van der Waals surface area contributed by atoms with Gasteiger partial charge in [-0.3, -0.25) is 9.59 Å². The average molecular weight is 339 g/mol. The van der Waals surface area contributed by atoms with E-state index in [0.717, 1.165) is 0 Å². The Morgan fingerprint density at radius 2 is 2.26 bits per heavy atom. The number of aliphatic hydroxyl groups excluding tert-OH is 1. The number of rotatable bonds is 6. The van der Waals surface area contributed by atoms with Crippen LogP contribution in [-0.4, -0.2) is 52.9 Å². The minimum atomic E-state index is -1.25. The highest BCUT2D eigenvalue weighted by atomic mass is 32.1. The molecule has 9 heteroatoms. The van der Waals surface area contributed by atoms with E-state index in [2.05, 4.69) is 5.32 Å². The Morgan fingerprint density at radius 1 is 1.48 bits per heavy atom. The number of amides is 1. The summed E-state index contributed by atoms with van der Waals surface area (Å²) in [6.45, 7) is -0.273. The number of thiophene rings is 1. The summed E-state index contributed by atoms with van der Waals surface area (Å²) >= 11 is 1.37. The van der Waals surface area contributed by atoms with Gasteiger partial charge in [0, 0.05) is 4.88 Å². The quantitative estimate of drug-likeness (QED) is 0.437. The third-order valence-electron chi connectivity index (χ3n) is 3.52. The first-order valence-corrected chi connectivity index (χ1v) is 8.10. The standard InChI is InChI=1S/C14H18BNO6S/c17-6-5-10(11-2-1-7-23-11)14(20)16-12-4-3-9(8-13(18)19)22-15(12)21/h1-2,5,7,9,12,17,21H,3-4,6,8H2,(H,16,20)(H,18,19)/t9-,12-/m0/s1. The van der Waals surface area contributed by atoms with Crippen molar-refractivity contribution in [2.45, 2.75) is 31.3 Å². The highest BCUT2D eigenvalue weighted by Crippen LogP contribution is 2.22. The number of hydrogen-bond donors (Lipinski definition) is 4. The van der Waals surface area contributed by atoms with Crippen LogP contribution in [0.3, 0.4) is 0 Å². The lowest BCUT2D eigenvalue weighted by molar-refractivity contribution is -0.139. The maximum Gasteiger partial charge on any atom is 0.478 e. The van der Waals surface area contributed by atoms with Crippen LogP contribution in [0.25, 0.3) is 5.57 Å². The third-order valence-corrected chi connectivity index (χ3v) is 4.42. The molecular weight excluding hydrogens is 321 g/mol. The van der Waals surface area contributed by atoms with E-state index in [0.29, 0.717) is 23.3 Å². The van der Waals surface area contributed by atoms with Crippen molar-refractivity contribution in [3.05, 3.63) is 28.5 Å². The van der Waals surface area contributed by atoms with Crippen LogP contribution in [-0.2, 0) is 14.2 Å². The van der Waals surface area contributed by atoms with Crippen molar-refractivity contribution in [1.82, 2.24) is 5.32 Å². The van der Waals surface area contributed by atoms with Gasteiger partial charge in [-0.15, -0.1) is 11.3 Å². The van der Waals surface area contributed by atoms with E-state index in [1.54, 1.807) is 12.1 Å². The summed E-state index contributed by atoms with van der Waals surface area (Å²) in [7, 11) is -1.25. The molecule has 1 aromatic rings. The molecule has 1 fully saturated rings. The second kappa shape index (κ2) is 8.25. The van der Waals surface area contributed by atoms with Gasteiger partial charge in [-0.05, 0) is 30.4 Å². The predicted octanol–water partition coefficient (Wildman–Crippen LogP) is 0.282. The van der Waals surface area contributed by atoms with Crippen molar-refractivity contribution in [2.75, 3.05) is 6.61 Å². The van der Waals surface area contributed by atoms with Gasteiger partial charge in [-0.25, -0.2) is 0 Å². The van der Waals surface area contributed by atoms with Crippen LogP contribution in [0.1, 0.15) is 24.1 Å². The van der Waals surface area contributed by atoms with E-state index < -0.39 is 31.0 Å². The molecule has 1 amide bonds. The molecular formula is C14H18BNO6S. The Morgan fingerprint density at radius 3 is 2.83 bits per heavy atom. The van der Waals surface area contributed by atoms with Crippen molar-refractivity contribution < 1.29 is 29.5 Å². The summed E-state index contributed by atoms with van der Waals surface area (Å²) in [6.07, 6.45) is 1.53. The monoisotopic (exact) mass is 339 g/mol. The van der Waals surface area contributed by atoms with Crippen molar-refractivity contribution in [3.8, 4) is 0 Å². The van der Waals surface area contributed by atoms with E-state index in [9.17, 15) is 14.6 Å². The highest BCUT2D eigenvalue weighted by molar-refractivity contribution is 7.11. The summed E-state index contributed by atoms with van der Waals surface area (Å²) < 4.78 is 5.23. The summed E-state index contributed by atoms with van der Waals surface area (Å²) in [4.78, 5) is 23.7. The molecule has 4 N–H and O–H groups in total. The normalized spacial score (nSPS) is 22.0. The molecule has 1 aliphatic heterocycles. The molecule has 2 atom stereocenters. The zero-order chi connectivity index (χ0) is 16.8. The number of carboxylic acids is 1. The Bertz CT molecular complexity index is 576. The molecule has 2 rings (SSSR count). The van der Waals surface area contributed by atoms with Gasteiger partial charge in [-0.1, -0.05) is 6.07 Å². The number of hydrogen-bond acceptors (Lipinski definition) is 6. The van der Waals surface area contributed by atoms with Crippen LogP contribution in [0.2, 0.25) is 0 Å². The van der Waals surface area contributed by atoms with Gasteiger partial charge in [0.2, 0.25) is 0 Å². The lowest BCUT2D eigenvalue weighted by Gasteiger charge is -2.31. The van der Waals surface area contributed by atoms with Gasteiger partial charge in [-0.2, -0.15) is 0 Å². The average Bonchev–Trinajstić information content (AvgIpc) is 3.00. The zero-order valence-corrected chi connectivity index (χ0v) is 13.2. The van der Waals surface area contributed by atoms with Crippen molar-refractivity contribution in [1.29, 1.82) is 0 Å². The maximum atomic E-state index is 12.4. The molecule has 7 nitrogen and oxygen atoms in total. The van der Waals surface area contributed by atoms with Gasteiger partial charge >= 0.3 is 13.1 Å². The molecule has 0 aliphatic carbocycles. The largest absolute Gasteiger partial charge is 0.481 e. The van der Waals surface area contributed by atoms with Gasteiger partial charge in [0.25, 0.3) is 5.91 Å². The van der Waals surface area contributed by atoms with E-state index in [4.69, 9.17) is 14.9 Å². The summed E-state index contributed by atoms with van der Waals surface area (Å²) in [6, 6.07) is 3.57. The van der Waals surface area contributed by atoms with E-state index in [1.165, 1.54) is 17.4 Å². The van der Waals surface area contributed by atoms with Crippen molar-refractivity contribution in [2.24, 2.45) is 0 Å². The molecule has 1 aliphatic rings. The van der Waals surface area contributed by atoms with Crippen LogP contribution in [0.4, 0.5) is 0 Å². The van der Waals surface area contributed by atoms with Crippen LogP contribution in [0, 0.1) is 0 Å². The fourth-order valence-corrected chi connectivity index (χ4v) is 3.19. The molecule has 23 heavy (non-hydrogen) atoms. The fourth-order valence-electron chi connectivity index (χ4n) is 2.43. The smallest absolute Gasteiger partial charge is 0.478 e. The lowest BCUT2D eigenvalue weighted by Crippen LogP contribution is -2.53. The lowest BCUT2D eigenvalue weighted by atomic mass is 9.72. The first-order chi connectivity index (χ1) is 11.0. The molecule has 0 aromatic carbocycles. The number of nitrogens with one attached hydrogen (secondary N) is 1. The molecule has 0 radical (unpaired) electrons. The highest BCUT2D eigenvalue weighted by Gasteiger charge is 2.37. The van der Waals surface area contributed by atoms with E-state index >= 15 is 0 Å². The topological polar surface area (TPSA) is 116 Å². The predicted molar refractivity (Wildman–Crippen MR) is 85.6 cm³/mol. The van der Waals surface area contributed by atoms with Gasteiger partial charge in [0.1, 0.15) is 0 Å². The second-order valence-corrected chi connectivity index (χ2v) is 6.13. The molecule has 124 valence electrons. The summed E-state index contributed by atoms with van der Waals surface area (Å²) in [5, 5.41) is 32.3. The number of aliphatic hydroxyl groups is 1. The number of carboxylic acid groups (broad SMARTS) is 1. The van der Waals surface area contributed by atoms with Crippen LogP contribution in [0.5, 0.6) is 0 Å². The first kappa shape index (κ1) is 17.7. The summed E-state index contributed by atoms with van der Waals surface area (Å²) in [5.41, 5.74) is 0.336. The Hall–Kier alpha value is -1.68. The van der Waals surface area contributed by atoms with Crippen molar-refractivity contribution >= 4 is 35.9 Å². The number of carbonyl (C=O) groups is 2. The molecule has 0 spiro atoms. The van der Waals surface area contributed by atoms with Crippen LogP contribution in [0.15, 0.2) is 23.6 Å². The Labute approximate surface area is 137 Å². The number of aliphatic carboxylic acids is 1. The maximum absolute atomic E-state index is 12.4. The second-order valence-electron chi connectivity index (χ2n) is 5.18. The first-order valence-electron chi connectivity index (χ1n) is 7.22. The molecule has 2 heterocycles. The minimum absolute atomic E-state index is 0.178. The van der Waals surface area contributed by atoms with Crippen LogP contribution >= 0.6 is 11.3 Å². The zero-order valence-electron chi connectivity index (χ0n) is 12.3. The fraction of sp³-hybridized carbons (Fsp3) is 0.429. The molecule has 0 saturated carbocycles. The molecule has 1 saturated heterocycles. The van der Waals surface area contributed by atoms with Gasteiger partial charge < -0.3 is 25.2 Å². The third kappa shape index (κ3) is 4.90. The molecule has 1 aromatic heterocycles. The van der Waals surface area contributed by atoms with Crippen LogP contribution < -0.4 is 5.32 Å². The van der Waals surface area contributed by atoms with E-state index in [-0.39, 0.29) is 13.0 Å². The van der Waals surface area contributed by atoms with Gasteiger partial charge in [0.05, 0.1) is 30.6 Å².